The Bertz CT molecular complexity index is 1440. The summed E-state index contributed by atoms with van der Waals surface area (Å²) in [7, 11) is 1.41. The zero-order valence-electron chi connectivity index (χ0n) is 21.5. The van der Waals surface area contributed by atoms with E-state index in [-0.39, 0.29) is 17.6 Å². The lowest BCUT2D eigenvalue weighted by atomic mass is 9.86. The van der Waals surface area contributed by atoms with Crippen LogP contribution in [0.25, 0.3) is 16.6 Å². The number of rotatable bonds is 5. The largest absolute Gasteiger partial charge is 0.494 e. The number of ether oxygens (including phenoxy) is 1. The smallest absolute Gasteiger partial charge is 0.223 e. The van der Waals surface area contributed by atoms with Crippen molar-refractivity contribution in [1.29, 1.82) is 0 Å². The summed E-state index contributed by atoms with van der Waals surface area (Å²) in [6, 6.07) is 3.18. The van der Waals surface area contributed by atoms with Gasteiger partial charge in [0.1, 0.15) is 0 Å². The predicted octanol–water partition coefficient (Wildman–Crippen LogP) is 3.48. The molecule has 4 heterocycles. The van der Waals surface area contributed by atoms with Crippen LogP contribution in [0.2, 0.25) is 0 Å². The minimum absolute atomic E-state index is 0.0456. The lowest BCUT2D eigenvalue weighted by Gasteiger charge is -2.39. The molecule has 0 saturated carbocycles. The zero-order chi connectivity index (χ0) is 26.0. The molecule has 3 aromatic heterocycles. The molecular formula is C25H33FN8O2. The molecule has 36 heavy (non-hydrogen) atoms. The van der Waals surface area contributed by atoms with Gasteiger partial charge in [0.25, 0.3) is 0 Å². The van der Waals surface area contributed by atoms with E-state index in [0.29, 0.717) is 35.0 Å². The van der Waals surface area contributed by atoms with Crippen LogP contribution in [0.1, 0.15) is 59.2 Å². The fraction of sp³-hybridized carbons (Fsp3) is 0.520. The number of fused-ring (bicyclic) bond motifs is 3. The van der Waals surface area contributed by atoms with Crippen molar-refractivity contribution in [3.8, 4) is 5.75 Å². The monoisotopic (exact) mass is 496 g/mol. The van der Waals surface area contributed by atoms with Crippen LogP contribution in [0, 0.1) is 5.82 Å². The maximum Gasteiger partial charge on any atom is 0.223 e. The van der Waals surface area contributed by atoms with Crippen LogP contribution in [-0.2, 0) is 5.54 Å². The van der Waals surface area contributed by atoms with Crippen molar-refractivity contribution in [2.45, 2.75) is 70.6 Å². The molecule has 4 aromatic rings. The molecule has 5 rings (SSSR count). The number of nitrogen functional groups attached to an aromatic ring is 1. The van der Waals surface area contributed by atoms with Gasteiger partial charge in [-0.15, -0.1) is 5.10 Å². The average Bonchev–Trinajstić information content (AvgIpc) is 3.48. The highest BCUT2D eigenvalue weighted by Crippen LogP contribution is 2.35. The average molecular weight is 497 g/mol. The molecule has 192 valence electrons. The molecule has 1 aliphatic heterocycles. The Morgan fingerprint density at radius 2 is 1.92 bits per heavy atom. The third-order valence-corrected chi connectivity index (χ3v) is 7.80. The number of nitrogens with two attached hydrogens (primary N) is 1. The van der Waals surface area contributed by atoms with E-state index in [1.165, 1.54) is 23.8 Å². The Kier molecular flexibility index (Phi) is 5.58. The second kappa shape index (κ2) is 8.29. The molecular weight excluding hydrogens is 463 g/mol. The number of hydrogen-bond donors (Lipinski definition) is 2. The molecule has 0 bridgehead atoms. The lowest BCUT2D eigenvalue weighted by Crippen LogP contribution is -2.47. The molecule has 3 N–H and O–H groups in total. The lowest BCUT2D eigenvalue weighted by molar-refractivity contribution is -0.0323. The third kappa shape index (κ3) is 3.82. The van der Waals surface area contributed by atoms with Crippen molar-refractivity contribution in [1.82, 2.24) is 29.4 Å². The summed E-state index contributed by atoms with van der Waals surface area (Å²) in [6.45, 7) is 10.4. The number of aliphatic hydroxyl groups is 1. The van der Waals surface area contributed by atoms with Crippen molar-refractivity contribution in [3.63, 3.8) is 0 Å². The Morgan fingerprint density at radius 3 is 2.61 bits per heavy atom. The minimum Gasteiger partial charge on any atom is -0.494 e. The van der Waals surface area contributed by atoms with Crippen LogP contribution < -0.4 is 15.4 Å². The van der Waals surface area contributed by atoms with Crippen LogP contribution in [0.3, 0.4) is 0 Å². The van der Waals surface area contributed by atoms with Gasteiger partial charge in [-0.1, -0.05) is 0 Å². The van der Waals surface area contributed by atoms with Crippen molar-refractivity contribution < 1.29 is 14.2 Å². The van der Waals surface area contributed by atoms with Gasteiger partial charge in [0, 0.05) is 36.2 Å². The van der Waals surface area contributed by atoms with Crippen molar-refractivity contribution in [3.05, 3.63) is 36.2 Å². The Labute approximate surface area is 208 Å². The first-order chi connectivity index (χ1) is 16.9. The van der Waals surface area contributed by atoms with Gasteiger partial charge in [0.2, 0.25) is 5.95 Å². The summed E-state index contributed by atoms with van der Waals surface area (Å²) < 4.78 is 22.9. The van der Waals surface area contributed by atoms with Crippen LogP contribution >= 0.6 is 0 Å². The van der Waals surface area contributed by atoms with E-state index in [1.54, 1.807) is 13.8 Å². The van der Waals surface area contributed by atoms with Gasteiger partial charge in [0.15, 0.2) is 23.0 Å². The van der Waals surface area contributed by atoms with E-state index in [1.807, 2.05) is 30.9 Å². The quantitative estimate of drug-likeness (QED) is 0.431. The van der Waals surface area contributed by atoms with Crippen LogP contribution in [-0.4, -0.2) is 59.8 Å². The van der Waals surface area contributed by atoms with Gasteiger partial charge in [-0.3, -0.25) is 4.68 Å². The number of methoxy groups -OCH3 is 1. The molecule has 1 aromatic carbocycles. The maximum absolute atomic E-state index is 14.5. The highest BCUT2D eigenvalue weighted by atomic mass is 19.1. The van der Waals surface area contributed by atoms with E-state index in [2.05, 4.69) is 27.0 Å². The van der Waals surface area contributed by atoms with Crippen molar-refractivity contribution >= 4 is 28.2 Å². The SMILES string of the molecule is COc1cc2nc(N)n3nc(C4CCC(C)N(c5cnn(C(C)(C)C(C)(C)O)c5)C4)nc3c2cc1F. The molecule has 1 aliphatic rings. The molecule has 0 spiro atoms. The third-order valence-electron chi connectivity index (χ3n) is 7.80. The molecule has 0 radical (unpaired) electrons. The molecule has 10 nitrogen and oxygen atoms in total. The normalized spacial score (nSPS) is 19.4. The first-order valence-corrected chi connectivity index (χ1v) is 12.1. The van der Waals surface area contributed by atoms with E-state index < -0.39 is 17.0 Å². The topological polar surface area (TPSA) is 120 Å². The van der Waals surface area contributed by atoms with E-state index >= 15 is 0 Å². The molecule has 2 unspecified atom stereocenters. The molecule has 2 atom stereocenters. The van der Waals surface area contributed by atoms with Crippen molar-refractivity contribution in [2.75, 3.05) is 24.3 Å². The Balaban J connectivity index is 1.49. The Hall–Kier alpha value is -3.47. The highest BCUT2D eigenvalue weighted by Gasteiger charge is 2.38. The predicted molar refractivity (Wildman–Crippen MR) is 136 cm³/mol. The van der Waals surface area contributed by atoms with Gasteiger partial charge >= 0.3 is 0 Å². The summed E-state index contributed by atoms with van der Waals surface area (Å²) in [5.41, 5.74) is 6.60. The molecule has 1 saturated heterocycles. The standard InChI is InChI=1S/C25H33FN8O2/c1-14-7-8-15(12-32(14)16-11-28-33(13-16)24(2,3)25(4,5)35)21-30-22-17-9-18(26)20(36-6)10-19(17)29-23(27)34(22)31-21/h9-11,13-15,35H,7-8,12H2,1-6H3,(H2,27,29). The molecule has 11 heteroatoms. The first kappa shape index (κ1) is 24.2. The maximum atomic E-state index is 14.5. The summed E-state index contributed by atoms with van der Waals surface area (Å²) in [4.78, 5) is 11.5. The van der Waals surface area contributed by atoms with Crippen LogP contribution in [0.5, 0.6) is 5.75 Å². The zero-order valence-corrected chi connectivity index (χ0v) is 21.5. The summed E-state index contributed by atoms with van der Waals surface area (Å²) in [5.74, 6) is 0.481. The fourth-order valence-corrected chi connectivity index (χ4v) is 4.70. The highest BCUT2D eigenvalue weighted by molar-refractivity contribution is 5.93. The van der Waals surface area contributed by atoms with Gasteiger partial charge < -0.3 is 20.5 Å². The van der Waals surface area contributed by atoms with Crippen molar-refractivity contribution in [2.24, 2.45) is 0 Å². The fourth-order valence-electron chi connectivity index (χ4n) is 4.70. The number of halogens is 1. The van der Waals surface area contributed by atoms with Gasteiger partial charge in [0.05, 0.1) is 35.7 Å². The number of anilines is 2. The minimum atomic E-state index is -0.951. The Morgan fingerprint density at radius 1 is 1.17 bits per heavy atom. The van der Waals surface area contributed by atoms with E-state index in [0.717, 1.165) is 18.5 Å². The van der Waals surface area contributed by atoms with Gasteiger partial charge in [-0.2, -0.15) is 9.61 Å². The molecule has 0 aliphatic carbocycles. The van der Waals surface area contributed by atoms with Gasteiger partial charge in [-0.25, -0.2) is 14.4 Å². The summed E-state index contributed by atoms with van der Waals surface area (Å²) >= 11 is 0. The second-order valence-corrected chi connectivity index (χ2v) is 10.7. The van der Waals surface area contributed by atoms with Crippen LogP contribution in [0.4, 0.5) is 16.0 Å². The number of piperidine rings is 1. The van der Waals surface area contributed by atoms with E-state index in [4.69, 9.17) is 15.5 Å². The number of aromatic nitrogens is 6. The van der Waals surface area contributed by atoms with Gasteiger partial charge in [-0.05, 0) is 53.5 Å². The number of benzene rings is 1. The summed E-state index contributed by atoms with van der Waals surface area (Å²) in [6.07, 6.45) is 5.68. The first-order valence-electron chi connectivity index (χ1n) is 12.1. The van der Waals surface area contributed by atoms with E-state index in [9.17, 15) is 9.50 Å². The molecule has 1 fully saturated rings. The summed E-state index contributed by atoms with van der Waals surface area (Å²) in [5, 5.41) is 20.4. The van der Waals surface area contributed by atoms with Crippen LogP contribution in [0.15, 0.2) is 24.5 Å². The molecule has 0 amide bonds. The number of hydrogen-bond acceptors (Lipinski definition) is 8. The number of nitrogens with zero attached hydrogens (tertiary/aromatic N) is 7. The second-order valence-electron chi connectivity index (χ2n) is 10.7.